The van der Waals surface area contributed by atoms with Crippen LogP contribution in [-0.4, -0.2) is 17.4 Å². The minimum Gasteiger partial charge on any atom is -0.334 e. The number of carbonyl (C=O) groups is 1. The van der Waals surface area contributed by atoms with Crippen molar-refractivity contribution in [3.05, 3.63) is 62.8 Å². The van der Waals surface area contributed by atoms with E-state index in [1.165, 1.54) is 10.4 Å². The van der Waals surface area contributed by atoms with Gasteiger partial charge < -0.3 is 4.90 Å². The summed E-state index contributed by atoms with van der Waals surface area (Å²) in [6, 6.07) is 11.8. The van der Waals surface area contributed by atoms with Crippen molar-refractivity contribution in [2.24, 2.45) is 0 Å². The van der Waals surface area contributed by atoms with Gasteiger partial charge in [0.1, 0.15) is 0 Å². The van der Waals surface area contributed by atoms with Crippen molar-refractivity contribution >= 4 is 34.9 Å². The van der Waals surface area contributed by atoms with Crippen molar-refractivity contribution in [1.82, 2.24) is 4.90 Å². The Kier molecular flexibility index (Phi) is 3.90. The van der Waals surface area contributed by atoms with Crippen molar-refractivity contribution in [2.45, 2.75) is 13.0 Å². The standard InChI is InChI=1S/C16H14ClNOS/c17-15-10-13-11-18(9-8-14(13)20-15)16(19)7-6-12-4-2-1-3-5-12/h1-7,10H,8-9,11H2/b7-6+. The fourth-order valence-electron chi connectivity index (χ4n) is 2.32. The second-order valence-corrected chi connectivity index (χ2v) is 6.52. The van der Waals surface area contributed by atoms with Crippen LogP contribution in [0.25, 0.3) is 6.08 Å². The third-order valence-corrected chi connectivity index (χ3v) is 4.73. The average molecular weight is 304 g/mol. The van der Waals surface area contributed by atoms with Crippen LogP contribution >= 0.6 is 22.9 Å². The summed E-state index contributed by atoms with van der Waals surface area (Å²) in [4.78, 5) is 15.4. The van der Waals surface area contributed by atoms with Gasteiger partial charge in [0.15, 0.2) is 0 Å². The van der Waals surface area contributed by atoms with Crippen LogP contribution in [0.4, 0.5) is 0 Å². The van der Waals surface area contributed by atoms with Crippen LogP contribution in [0.2, 0.25) is 4.34 Å². The van der Waals surface area contributed by atoms with E-state index in [9.17, 15) is 4.79 Å². The number of rotatable bonds is 2. The van der Waals surface area contributed by atoms with Gasteiger partial charge in [-0.2, -0.15) is 0 Å². The van der Waals surface area contributed by atoms with Gasteiger partial charge in [-0.3, -0.25) is 4.79 Å². The number of amides is 1. The molecule has 1 aliphatic rings. The van der Waals surface area contributed by atoms with Gasteiger partial charge in [0.05, 0.1) is 4.34 Å². The minimum absolute atomic E-state index is 0.0572. The summed E-state index contributed by atoms with van der Waals surface area (Å²) in [7, 11) is 0. The third kappa shape index (κ3) is 2.94. The van der Waals surface area contributed by atoms with E-state index in [1.807, 2.05) is 47.4 Å². The quantitative estimate of drug-likeness (QED) is 0.768. The first-order valence-electron chi connectivity index (χ1n) is 6.51. The summed E-state index contributed by atoms with van der Waals surface area (Å²) in [5.74, 6) is 0.0572. The Morgan fingerprint density at radius 3 is 2.90 bits per heavy atom. The molecule has 3 rings (SSSR count). The number of hydrogen-bond donors (Lipinski definition) is 0. The summed E-state index contributed by atoms with van der Waals surface area (Å²) in [6.07, 6.45) is 4.41. The molecule has 0 aliphatic carbocycles. The zero-order valence-electron chi connectivity index (χ0n) is 10.9. The summed E-state index contributed by atoms with van der Waals surface area (Å²) >= 11 is 7.64. The van der Waals surface area contributed by atoms with Gasteiger partial charge in [-0.25, -0.2) is 0 Å². The fourth-order valence-corrected chi connectivity index (χ4v) is 3.62. The number of halogens is 1. The van der Waals surface area contributed by atoms with Crippen molar-refractivity contribution in [2.75, 3.05) is 6.54 Å². The van der Waals surface area contributed by atoms with Gasteiger partial charge in [0.25, 0.3) is 0 Å². The number of hydrogen-bond acceptors (Lipinski definition) is 2. The molecule has 0 unspecified atom stereocenters. The van der Waals surface area contributed by atoms with Crippen LogP contribution in [-0.2, 0) is 17.8 Å². The first-order valence-corrected chi connectivity index (χ1v) is 7.71. The Balaban J connectivity index is 1.69. The lowest BCUT2D eigenvalue weighted by Crippen LogP contribution is -2.34. The second-order valence-electron chi connectivity index (χ2n) is 4.75. The molecule has 1 aliphatic heterocycles. The van der Waals surface area contributed by atoms with Crippen molar-refractivity contribution in [1.29, 1.82) is 0 Å². The summed E-state index contributed by atoms with van der Waals surface area (Å²) in [5.41, 5.74) is 2.23. The average Bonchev–Trinajstić information content (AvgIpc) is 2.85. The highest BCUT2D eigenvalue weighted by Gasteiger charge is 2.21. The zero-order valence-corrected chi connectivity index (χ0v) is 12.5. The van der Waals surface area contributed by atoms with E-state index in [-0.39, 0.29) is 5.91 Å². The van der Waals surface area contributed by atoms with E-state index in [2.05, 4.69) is 0 Å². The molecule has 0 N–H and O–H groups in total. The first-order chi connectivity index (χ1) is 9.72. The number of nitrogens with zero attached hydrogens (tertiary/aromatic N) is 1. The number of thiophene rings is 1. The lowest BCUT2D eigenvalue weighted by atomic mass is 10.1. The molecule has 1 amide bonds. The third-order valence-electron chi connectivity index (χ3n) is 3.37. The Morgan fingerprint density at radius 2 is 2.10 bits per heavy atom. The normalized spacial score (nSPS) is 14.6. The molecule has 0 fully saturated rings. The van der Waals surface area contributed by atoms with E-state index in [0.29, 0.717) is 6.54 Å². The largest absolute Gasteiger partial charge is 0.334 e. The molecule has 0 atom stereocenters. The molecule has 0 saturated heterocycles. The molecule has 0 radical (unpaired) electrons. The zero-order chi connectivity index (χ0) is 13.9. The predicted octanol–water partition coefficient (Wildman–Crippen LogP) is 4.00. The van der Waals surface area contributed by atoms with E-state index >= 15 is 0 Å². The molecule has 1 aromatic heterocycles. The molecule has 0 bridgehead atoms. The highest BCUT2D eigenvalue weighted by atomic mass is 35.5. The van der Waals surface area contributed by atoms with Crippen LogP contribution in [0, 0.1) is 0 Å². The number of benzene rings is 1. The van der Waals surface area contributed by atoms with Gasteiger partial charge in [0.2, 0.25) is 5.91 Å². The van der Waals surface area contributed by atoms with Gasteiger partial charge >= 0.3 is 0 Å². The van der Waals surface area contributed by atoms with Gasteiger partial charge in [-0.1, -0.05) is 41.9 Å². The predicted molar refractivity (Wildman–Crippen MR) is 83.9 cm³/mol. The highest BCUT2D eigenvalue weighted by Crippen LogP contribution is 2.31. The molecule has 20 heavy (non-hydrogen) atoms. The summed E-state index contributed by atoms with van der Waals surface area (Å²) in [6.45, 7) is 1.43. The minimum atomic E-state index is 0.0572. The molecule has 102 valence electrons. The van der Waals surface area contributed by atoms with Crippen LogP contribution in [0.1, 0.15) is 16.0 Å². The van der Waals surface area contributed by atoms with E-state index in [4.69, 9.17) is 11.6 Å². The maximum absolute atomic E-state index is 12.2. The van der Waals surface area contributed by atoms with Crippen LogP contribution in [0.5, 0.6) is 0 Å². The summed E-state index contributed by atoms with van der Waals surface area (Å²) < 4.78 is 0.809. The Morgan fingerprint density at radius 1 is 1.30 bits per heavy atom. The van der Waals surface area contributed by atoms with Gasteiger partial charge in [-0.05, 0) is 29.7 Å². The second kappa shape index (κ2) is 5.81. The van der Waals surface area contributed by atoms with Crippen molar-refractivity contribution in [3.8, 4) is 0 Å². The molecule has 2 heterocycles. The molecule has 2 nitrogen and oxygen atoms in total. The lowest BCUT2D eigenvalue weighted by Gasteiger charge is -2.25. The maximum atomic E-state index is 12.2. The molecular formula is C16H14ClNOS. The van der Waals surface area contributed by atoms with E-state index in [1.54, 1.807) is 17.4 Å². The first kappa shape index (κ1) is 13.4. The number of carbonyl (C=O) groups excluding carboxylic acids is 1. The van der Waals surface area contributed by atoms with Gasteiger partial charge in [-0.15, -0.1) is 11.3 Å². The number of fused-ring (bicyclic) bond motifs is 1. The van der Waals surface area contributed by atoms with Crippen LogP contribution < -0.4 is 0 Å². The monoisotopic (exact) mass is 303 g/mol. The molecule has 1 aromatic carbocycles. The molecule has 2 aromatic rings. The Bertz CT molecular complexity index is 648. The van der Waals surface area contributed by atoms with E-state index in [0.717, 1.165) is 22.9 Å². The van der Waals surface area contributed by atoms with Crippen LogP contribution in [0.15, 0.2) is 42.5 Å². The van der Waals surface area contributed by atoms with Gasteiger partial charge in [0, 0.05) is 24.0 Å². The topological polar surface area (TPSA) is 20.3 Å². The molecule has 4 heteroatoms. The van der Waals surface area contributed by atoms with Crippen molar-refractivity contribution in [3.63, 3.8) is 0 Å². The smallest absolute Gasteiger partial charge is 0.246 e. The SMILES string of the molecule is O=C(/C=C/c1ccccc1)N1CCc2sc(Cl)cc2C1. The highest BCUT2D eigenvalue weighted by molar-refractivity contribution is 7.16. The Labute approximate surface area is 127 Å². The Hall–Kier alpha value is -1.58. The maximum Gasteiger partial charge on any atom is 0.246 e. The van der Waals surface area contributed by atoms with Crippen molar-refractivity contribution < 1.29 is 4.79 Å². The van der Waals surface area contributed by atoms with Crippen LogP contribution in [0.3, 0.4) is 0 Å². The lowest BCUT2D eigenvalue weighted by molar-refractivity contribution is -0.126. The molecule has 0 saturated carbocycles. The summed E-state index contributed by atoms with van der Waals surface area (Å²) in [5, 5.41) is 0. The van der Waals surface area contributed by atoms with E-state index < -0.39 is 0 Å². The fraction of sp³-hybridized carbons (Fsp3) is 0.188. The molecule has 0 spiro atoms. The molecular weight excluding hydrogens is 290 g/mol.